The fourth-order valence-electron chi connectivity index (χ4n) is 7.20. The van der Waals surface area contributed by atoms with Crippen molar-refractivity contribution >= 4 is 23.5 Å². The summed E-state index contributed by atoms with van der Waals surface area (Å²) >= 11 is 6.20. The van der Waals surface area contributed by atoms with Crippen LogP contribution in [0.15, 0.2) is 52.3 Å². The SMILES string of the molecule is COc1ccc(N=Cc2c(C)[nH]n(-c3ccc(C45CC6CC(CC(C6)C4)C5)cc3)c2=O)cc1Cl. The molecule has 6 heteroatoms. The second-order valence-electron chi connectivity index (χ2n) is 10.6. The van der Waals surface area contributed by atoms with Crippen LogP contribution >= 0.6 is 11.6 Å². The molecule has 7 rings (SSSR count). The molecule has 34 heavy (non-hydrogen) atoms. The maximum Gasteiger partial charge on any atom is 0.280 e. The van der Waals surface area contributed by atoms with E-state index in [4.69, 9.17) is 16.3 Å². The molecule has 0 amide bonds. The highest BCUT2D eigenvalue weighted by atomic mass is 35.5. The Morgan fingerprint density at radius 3 is 2.29 bits per heavy atom. The van der Waals surface area contributed by atoms with Crippen LogP contribution in [0.4, 0.5) is 5.69 Å². The normalized spacial score (nSPS) is 27.6. The highest BCUT2D eigenvalue weighted by Crippen LogP contribution is 2.60. The Morgan fingerprint density at radius 1 is 1.06 bits per heavy atom. The molecule has 2 aromatic carbocycles. The van der Waals surface area contributed by atoms with Gasteiger partial charge >= 0.3 is 0 Å². The quantitative estimate of drug-likeness (QED) is 0.437. The molecule has 4 fully saturated rings. The highest BCUT2D eigenvalue weighted by Gasteiger charge is 2.51. The van der Waals surface area contributed by atoms with Gasteiger partial charge in [0.2, 0.25) is 0 Å². The summed E-state index contributed by atoms with van der Waals surface area (Å²) in [6.45, 7) is 1.89. The van der Waals surface area contributed by atoms with Crippen molar-refractivity contribution in [2.24, 2.45) is 22.7 Å². The van der Waals surface area contributed by atoms with Crippen LogP contribution in [0.1, 0.15) is 55.3 Å². The van der Waals surface area contributed by atoms with E-state index in [9.17, 15) is 4.79 Å². The number of aromatic nitrogens is 2. The van der Waals surface area contributed by atoms with Crippen molar-refractivity contribution in [1.29, 1.82) is 0 Å². The molecule has 5 nitrogen and oxygen atoms in total. The number of nitrogens with zero attached hydrogens (tertiary/aromatic N) is 2. The van der Waals surface area contributed by atoms with Crippen LogP contribution in [0, 0.1) is 24.7 Å². The van der Waals surface area contributed by atoms with E-state index >= 15 is 0 Å². The molecular formula is C28H30ClN3O2. The van der Waals surface area contributed by atoms with Gasteiger partial charge in [0.15, 0.2) is 0 Å². The van der Waals surface area contributed by atoms with Crippen molar-refractivity contribution in [2.45, 2.75) is 50.9 Å². The summed E-state index contributed by atoms with van der Waals surface area (Å²) in [4.78, 5) is 17.6. The summed E-state index contributed by atoms with van der Waals surface area (Å²) < 4.78 is 6.80. The lowest BCUT2D eigenvalue weighted by atomic mass is 9.48. The molecule has 4 aliphatic rings. The molecule has 3 aromatic rings. The van der Waals surface area contributed by atoms with Gasteiger partial charge in [-0.25, -0.2) is 4.68 Å². The first-order valence-electron chi connectivity index (χ1n) is 12.2. The Morgan fingerprint density at radius 2 is 1.71 bits per heavy atom. The smallest absolute Gasteiger partial charge is 0.280 e. The van der Waals surface area contributed by atoms with Gasteiger partial charge in [0.25, 0.3) is 5.56 Å². The van der Waals surface area contributed by atoms with E-state index in [0.717, 1.165) is 29.1 Å². The van der Waals surface area contributed by atoms with Crippen molar-refractivity contribution in [3.05, 3.63) is 74.7 Å². The van der Waals surface area contributed by atoms with Gasteiger partial charge in [0.05, 0.1) is 29.1 Å². The van der Waals surface area contributed by atoms with Gasteiger partial charge in [-0.3, -0.25) is 14.9 Å². The Bertz CT molecular complexity index is 1280. The number of ether oxygens (including phenoxy) is 1. The van der Waals surface area contributed by atoms with Gasteiger partial charge in [0.1, 0.15) is 5.75 Å². The second-order valence-corrected chi connectivity index (χ2v) is 11.0. The standard InChI is InChI=1S/C28H30ClN3O2/c1-17-24(16-30-22-5-8-26(34-2)25(29)12-22)27(33)32(31-17)23-6-3-21(4-7-23)28-13-18-9-19(14-28)11-20(10-18)15-28/h3-8,12,16,18-20,31H,9-11,13-15H2,1-2H3. The second kappa shape index (κ2) is 8.16. The molecule has 1 N–H and O–H groups in total. The molecule has 4 aliphatic carbocycles. The summed E-state index contributed by atoms with van der Waals surface area (Å²) in [5, 5.41) is 3.70. The number of hydrogen-bond acceptors (Lipinski definition) is 3. The molecule has 0 unspecified atom stereocenters. The fourth-order valence-corrected chi connectivity index (χ4v) is 7.45. The number of halogens is 1. The zero-order valence-electron chi connectivity index (χ0n) is 19.7. The number of aromatic amines is 1. The number of aliphatic imine (C=N–C) groups is 1. The maximum atomic E-state index is 13.2. The van der Waals surface area contributed by atoms with Crippen LogP contribution < -0.4 is 10.3 Å². The first kappa shape index (κ1) is 21.7. The van der Waals surface area contributed by atoms with Crippen LogP contribution in [0.5, 0.6) is 5.75 Å². The predicted octanol–water partition coefficient (Wildman–Crippen LogP) is 6.35. The van der Waals surface area contributed by atoms with Gasteiger partial charge in [-0.1, -0.05) is 23.7 Å². The van der Waals surface area contributed by atoms with Crippen molar-refractivity contribution in [3.8, 4) is 11.4 Å². The van der Waals surface area contributed by atoms with Crippen LogP contribution in [-0.2, 0) is 5.41 Å². The number of benzene rings is 2. The average molecular weight is 476 g/mol. The highest BCUT2D eigenvalue weighted by molar-refractivity contribution is 6.32. The molecule has 176 valence electrons. The topological polar surface area (TPSA) is 59.4 Å². The van der Waals surface area contributed by atoms with Gasteiger partial charge in [-0.15, -0.1) is 0 Å². The molecule has 0 aliphatic heterocycles. The molecule has 4 saturated carbocycles. The largest absolute Gasteiger partial charge is 0.495 e. The lowest BCUT2D eigenvalue weighted by Crippen LogP contribution is -2.48. The first-order valence-corrected chi connectivity index (χ1v) is 12.6. The molecule has 4 bridgehead atoms. The first-order chi connectivity index (χ1) is 16.4. The number of nitrogens with one attached hydrogen (secondary N) is 1. The summed E-state index contributed by atoms with van der Waals surface area (Å²) in [5.74, 6) is 3.35. The minimum absolute atomic E-state index is 0.108. The third kappa shape index (κ3) is 3.61. The lowest BCUT2D eigenvalue weighted by molar-refractivity contribution is -0.00518. The van der Waals surface area contributed by atoms with Crippen molar-refractivity contribution in [3.63, 3.8) is 0 Å². The van der Waals surface area contributed by atoms with E-state index in [2.05, 4.69) is 34.4 Å². The number of hydrogen-bond donors (Lipinski definition) is 1. The third-order valence-corrected chi connectivity index (χ3v) is 8.67. The fraction of sp³-hybridized carbons (Fsp3) is 0.429. The van der Waals surface area contributed by atoms with Crippen molar-refractivity contribution in [1.82, 2.24) is 9.78 Å². The van der Waals surface area contributed by atoms with Crippen LogP contribution in [-0.4, -0.2) is 23.1 Å². The Hall–Kier alpha value is -2.79. The minimum atomic E-state index is -0.108. The zero-order chi connectivity index (χ0) is 23.4. The summed E-state index contributed by atoms with van der Waals surface area (Å²) in [6, 6.07) is 14.0. The summed E-state index contributed by atoms with van der Waals surface area (Å²) in [7, 11) is 1.57. The van der Waals surface area contributed by atoms with Gasteiger partial charge < -0.3 is 4.74 Å². The van der Waals surface area contributed by atoms with E-state index in [1.54, 1.807) is 30.1 Å². The number of aryl methyl sites for hydroxylation is 1. The zero-order valence-corrected chi connectivity index (χ0v) is 20.4. The summed E-state index contributed by atoms with van der Waals surface area (Å²) in [5.41, 5.74) is 4.55. The van der Waals surface area contributed by atoms with Gasteiger partial charge in [-0.05, 0) is 105 Å². The molecular weight excluding hydrogens is 446 g/mol. The molecule has 0 spiro atoms. The maximum absolute atomic E-state index is 13.2. The van der Waals surface area contributed by atoms with Crippen LogP contribution in [0.2, 0.25) is 5.02 Å². The number of methoxy groups -OCH3 is 1. The molecule has 1 heterocycles. The number of rotatable bonds is 5. The average Bonchev–Trinajstić information content (AvgIpc) is 3.10. The molecule has 0 saturated heterocycles. The molecule has 1 aromatic heterocycles. The van der Waals surface area contributed by atoms with E-state index in [1.807, 2.05) is 13.0 Å². The van der Waals surface area contributed by atoms with Gasteiger partial charge in [-0.2, -0.15) is 0 Å². The monoisotopic (exact) mass is 475 g/mol. The van der Waals surface area contributed by atoms with E-state index in [0.29, 0.717) is 27.4 Å². The third-order valence-electron chi connectivity index (χ3n) is 8.37. The predicted molar refractivity (Wildman–Crippen MR) is 136 cm³/mol. The Labute approximate surface area is 204 Å². The minimum Gasteiger partial charge on any atom is -0.495 e. The molecule has 0 radical (unpaired) electrons. The Kier molecular flexibility index (Phi) is 5.21. The molecule has 0 atom stereocenters. The number of H-pyrrole nitrogens is 1. The van der Waals surface area contributed by atoms with Gasteiger partial charge in [0, 0.05) is 11.9 Å². The van der Waals surface area contributed by atoms with Crippen LogP contribution in [0.25, 0.3) is 5.69 Å². The van der Waals surface area contributed by atoms with E-state index in [1.165, 1.54) is 44.1 Å². The van der Waals surface area contributed by atoms with Crippen molar-refractivity contribution in [2.75, 3.05) is 7.11 Å². The van der Waals surface area contributed by atoms with E-state index < -0.39 is 0 Å². The summed E-state index contributed by atoms with van der Waals surface area (Å²) in [6.07, 6.45) is 9.97. The Balaban J connectivity index is 1.26. The van der Waals surface area contributed by atoms with Crippen LogP contribution in [0.3, 0.4) is 0 Å². The van der Waals surface area contributed by atoms with Crippen molar-refractivity contribution < 1.29 is 4.74 Å². The van der Waals surface area contributed by atoms with E-state index in [-0.39, 0.29) is 5.56 Å². The lowest BCUT2D eigenvalue weighted by Gasteiger charge is -2.57.